The van der Waals surface area contributed by atoms with Crippen LogP contribution in [0.5, 0.6) is 0 Å². The van der Waals surface area contributed by atoms with E-state index in [0.717, 1.165) is 29.8 Å². The lowest BCUT2D eigenvalue weighted by atomic mass is 10.1. The Kier molecular flexibility index (Phi) is 6.31. The zero-order chi connectivity index (χ0) is 20.1. The van der Waals surface area contributed by atoms with Crippen LogP contribution in [0.4, 0.5) is 14.9 Å². The van der Waals surface area contributed by atoms with Crippen LogP contribution in [-0.4, -0.2) is 34.3 Å². The van der Waals surface area contributed by atoms with Gasteiger partial charge in [-0.1, -0.05) is 17.7 Å². The molecule has 0 unspecified atom stereocenters. The molecular formula is C21H22ClFN4O. The van der Waals surface area contributed by atoms with E-state index in [1.807, 2.05) is 13.1 Å². The number of carbonyl (C=O) groups is 1. The molecule has 0 spiro atoms. The number of amides is 2. The Morgan fingerprint density at radius 3 is 2.68 bits per heavy atom. The van der Waals surface area contributed by atoms with E-state index in [2.05, 4.69) is 10.4 Å². The summed E-state index contributed by atoms with van der Waals surface area (Å²) in [5.74, 6) is -0.259. The predicted octanol–water partition coefficient (Wildman–Crippen LogP) is 4.98. The van der Waals surface area contributed by atoms with E-state index in [4.69, 9.17) is 11.6 Å². The molecule has 3 rings (SSSR count). The van der Waals surface area contributed by atoms with E-state index in [0.29, 0.717) is 17.3 Å². The van der Waals surface area contributed by atoms with E-state index in [-0.39, 0.29) is 11.8 Å². The Labute approximate surface area is 168 Å². The van der Waals surface area contributed by atoms with E-state index in [1.165, 1.54) is 12.1 Å². The fourth-order valence-electron chi connectivity index (χ4n) is 2.92. The van der Waals surface area contributed by atoms with Crippen LogP contribution in [0.25, 0.3) is 11.3 Å². The van der Waals surface area contributed by atoms with E-state index in [9.17, 15) is 9.18 Å². The molecule has 0 saturated heterocycles. The highest BCUT2D eigenvalue weighted by Crippen LogP contribution is 2.21. The Bertz CT molecular complexity index is 955. The van der Waals surface area contributed by atoms with Crippen LogP contribution in [0.15, 0.2) is 54.6 Å². The number of anilines is 1. The zero-order valence-corrected chi connectivity index (χ0v) is 16.6. The fraction of sp³-hybridized carbons (Fsp3) is 0.238. The van der Waals surface area contributed by atoms with Gasteiger partial charge in [-0.2, -0.15) is 5.10 Å². The van der Waals surface area contributed by atoms with Crippen LogP contribution in [0, 0.1) is 5.82 Å². The third-order valence-electron chi connectivity index (χ3n) is 4.42. The fourth-order valence-corrected chi connectivity index (χ4v) is 3.11. The topological polar surface area (TPSA) is 50.2 Å². The summed E-state index contributed by atoms with van der Waals surface area (Å²) in [6.45, 7) is 0.592. The van der Waals surface area contributed by atoms with Gasteiger partial charge in [-0.3, -0.25) is 4.68 Å². The standard InChI is InChI=1S/C21H22ClFN4O/c1-26(21(28)24-18-6-3-5-16(22)13-18)12-4-7-19-14-20(27(2)25-19)15-8-10-17(23)11-9-15/h3,5-6,8-11,13-14H,4,7,12H2,1-2H3,(H,24,28). The number of nitrogens with one attached hydrogen (secondary N) is 1. The van der Waals surface area contributed by atoms with Gasteiger partial charge in [-0.05, 0) is 66.9 Å². The maximum Gasteiger partial charge on any atom is 0.321 e. The number of carbonyl (C=O) groups excluding carboxylic acids is 1. The van der Waals surface area contributed by atoms with Gasteiger partial charge in [0.15, 0.2) is 0 Å². The summed E-state index contributed by atoms with van der Waals surface area (Å²) >= 11 is 5.93. The highest BCUT2D eigenvalue weighted by molar-refractivity contribution is 6.30. The Morgan fingerprint density at radius 2 is 1.96 bits per heavy atom. The van der Waals surface area contributed by atoms with Crippen molar-refractivity contribution in [2.45, 2.75) is 12.8 Å². The highest BCUT2D eigenvalue weighted by atomic mass is 35.5. The van der Waals surface area contributed by atoms with Crippen molar-refractivity contribution in [2.75, 3.05) is 18.9 Å². The molecule has 3 aromatic rings. The highest BCUT2D eigenvalue weighted by Gasteiger charge is 2.11. The summed E-state index contributed by atoms with van der Waals surface area (Å²) in [6, 6.07) is 15.2. The predicted molar refractivity (Wildman–Crippen MR) is 110 cm³/mol. The number of hydrogen-bond donors (Lipinski definition) is 1. The number of halogens is 2. The van der Waals surface area contributed by atoms with Crippen molar-refractivity contribution in [1.29, 1.82) is 0 Å². The van der Waals surface area contributed by atoms with Crippen molar-refractivity contribution < 1.29 is 9.18 Å². The first kappa shape index (κ1) is 19.9. The number of aryl methyl sites for hydroxylation is 2. The van der Waals surface area contributed by atoms with Crippen LogP contribution >= 0.6 is 11.6 Å². The van der Waals surface area contributed by atoms with Gasteiger partial charge in [-0.15, -0.1) is 0 Å². The first-order chi connectivity index (χ1) is 13.4. The molecule has 0 aliphatic carbocycles. The molecular weight excluding hydrogens is 379 g/mol. The second kappa shape index (κ2) is 8.89. The summed E-state index contributed by atoms with van der Waals surface area (Å²) in [4.78, 5) is 13.9. The third kappa shape index (κ3) is 5.10. The summed E-state index contributed by atoms with van der Waals surface area (Å²) in [5.41, 5.74) is 3.45. The number of nitrogens with zero attached hydrogens (tertiary/aromatic N) is 3. The second-order valence-electron chi connectivity index (χ2n) is 6.62. The first-order valence-corrected chi connectivity index (χ1v) is 9.37. The molecule has 5 nitrogen and oxygen atoms in total. The smallest absolute Gasteiger partial charge is 0.321 e. The summed E-state index contributed by atoms with van der Waals surface area (Å²) in [5, 5.41) is 7.92. The molecule has 0 fully saturated rings. The Morgan fingerprint density at radius 1 is 1.21 bits per heavy atom. The van der Waals surface area contributed by atoms with Gasteiger partial charge in [0.1, 0.15) is 5.82 Å². The maximum atomic E-state index is 13.1. The minimum atomic E-state index is -0.259. The van der Waals surface area contributed by atoms with Gasteiger partial charge in [0.25, 0.3) is 0 Å². The van der Waals surface area contributed by atoms with Crippen LogP contribution in [0.2, 0.25) is 5.02 Å². The molecule has 0 aliphatic heterocycles. The van der Waals surface area contributed by atoms with Crippen LogP contribution < -0.4 is 5.32 Å². The Balaban J connectivity index is 1.52. The largest absolute Gasteiger partial charge is 0.328 e. The van der Waals surface area contributed by atoms with Gasteiger partial charge in [-0.25, -0.2) is 9.18 Å². The van der Waals surface area contributed by atoms with Crippen LogP contribution in [0.1, 0.15) is 12.1 Å². The SMILES string of the molecule is CN(CCCc1cc(-c2ccc(F)cc2)n(C)n1)C(=O)Nc1cccc(Cl)c1. The van der Waals surface area contributed by atoms with Crippen molar-refractivity contribution in [3.63, 3.8) is 0 Å². The molecule has 146 valence electrons. The molecule has 1 aromatic heterocycles. The molecule has 0 bridgehead atoms. The van der Waals surface area contributed by atoms with Crippen molar-refractivity contribution >= 4 is 23.3 Å². The second-order valence-corrected chi connectivity index (χ2v) is 7.05. The lowest BCUT2D eigenvalue weighted by molar-refractivity contribution is 0.222. The zero-order valence-electron chi connectivity index (χ0n) is 15.8. The van der Waals surface area contributed by atoms with Gasteiger partial charge in [0, 0.05) is 31.4 Å². The average molecular weight is 401 g/mol. The van der Waals surface area contributed by atoms with E-state index < -0.39 is 0 Å². The molecule has 2 amide bonds. The van der Waals surface area contributed by atoms with Crippen molar-refractivity contribution in [3.05, 3.63) is 71.1 Å². The van der Waals surface area contributed by atoms with Gasteiger partial charge in [0.05, 0.1) is 11.4 Å². The molecule has 0 radical (unpaired) electrons. The minimum Gasteiger partial charge on any atom is -0.328 e. The number of hydrogen-bond acceptors (Lipinski definition) is 2. The number of aromatic nitrogens is 2. The molecule has 2 aromatic carbocycles. The normalized spacial score (nSPS) is 10.7. The molecule has 0 saturated carbocycles. The van der Waals surface area contributed by atoms with Crippen molar-refractivity contribution in [2.24, 2.45) is 7.05 Å². The van der Waals surface area contributed by atoms with E-state index >= 15 is 0 Å². The quantitative estimate of drug-likeness (QED) is 0.634. The average Bonchev–Trinajstić information content (AvgIpc) is 3.03. The molecule has 7 heteroatoms. The summed E-state index contributed by atoms with van der Waals surface area (Å²) in [7, 11) is 3.62. The molecule has 1 N–H and O–H groups in total. The molecule has 0 aliphatic rings. The summed E-state index contributed by atoms with van der Waals surface area (Å²) < 4.78 is 14.9. The van der Waals surface area contributed by atoms with Gasteiger partial charge in [0.2, 0.25) is 0 Å². The lowest BCUT2D eigenvalue weighted by Crippen LogP contribution is -2.32. The third-order valence-corrected chi connectivity index (χ3v) is 4.65. The molecule has 28 heavy (non-hydrogen) atoms. The van der Waals surface area contributed by atoms with Gasteiger partial charge < -0.3 is 10.2 Å². The van der Waals surface area contributed by atoms with E-state index in [1.54, 1.807) is 53.0 Å². The number of rotatable bonds is 6. The van der Waals surface area contributed by atoms with Crippen molar-refractivity contribution in [3.8, 4) is 11.3 Å². The lowest BCUT2D eigenvalue weighted by Gasteiger charge is -2.17. The summed E-state index contributed by atoms with van der Waals surface area (Å²) in [6.07, 6.45) is 1.52. The first-order valence-electron chi connectivity index (χ1n) is 8.99. The van der Waals surface area contributed by atoms with Gasteiger partial charge >= 0.3 is 6.03 Å². The molecule has 1 heterocycles. The maximum absolute atomic E-state index is 13.1. The number of urea groups is 1. The molecule has 0 atom stereocenters. The van der Waals surface area contributed by atoms with Crippen LogP contribution in [-0.2, 0) is 13.5 Å². The minimum absolute atomic E-state index is 0.185. The Hall–Kier alpha value is -2.86. The number of benzene rings is 2. The van der Waals surface area contributed by atoms with Crippen LogP contribution in [0.3, 0.4) is 0 Å². The monoisotopic (exact) mass is 400 g/mol. The van der Waals surface area contributed by atoms with Crippen molar-refractivity contribution in [1.82, 2.24) is 14.7 Å².